The van der Waals surface area contributed by atoms with Gasteiger partial charge in [-0.1, -0.05) is 41.9 Å². The molecule has 0 aliphatic heterocycles. The fraction of sp³-hybridized carbons (Fsp3) is 0.0455. The Kier molecular flexibility index (Phi) is 7.13. The molecule has 6 nitrogen and oxygen atoms in total. The third-order valence-corrected chi connectivity index (χ3v) is 4.31. The Morgan fingerprint density at radius 3 is 2.40 bits per heavy atom. The SMILES string of the molecule is O=C(N/N=C/c1ccc(OCc2ccccc2Cl)cc1)C(=O)Nc1ccccc1F. The number of rotatable bonds is 6. The molecule has 0 unspecified atom stereocenters. The third kappa shape index (κ3) is 5.89. The van der Waals surface area contributed by atoms with E-state index in [1.54, 1.807) is 30.3 Å². The number of carbonyl (C=O) groups excluding carboxylic acids is 2. The second kappa shape index (κ2) is 10.2. The molecular formula is C22H17ClFN3O3. The lowest BCUT2D eigenvalue weighted by Gasteiger charge is -2.07. The van der Waals surface area contributed by atoms with Gasteiger partial charge in [0, 0.05) is 10.6 Å². The van der Waals surface area contributed by atoms with Crippen LogP contribution in [0.5, 0.6) is 5.75 Å². The van der Waals surface area contributed by atoms with E-state index in [0.29, 0.717) is 22.9 Å². The number of nitrogens with one attached hydrogen (secondary N) is 2. The van der Waals surface area contributed by atoms with Gasteiger partial charge < -0.3 is 10.1 Å². The van der Waals surface area contributed by atoms with Crippen molar-refractivity contribution in [1.29, 1.82) is 0 Å². The molecule has 0 aromatic heterocycles. The summed E-state index contributed by atoms with van der Waals surface area (Å²) in [4.78, 5) is 23.5. The van der Waals surface area contributed by atoms with Gasteiger partial charge in [-0.2, -0.15) is 5.10 Å². The zero-order chi connectivity index (χ0) is 21.3. The summed E-state index contributed by atoms with van der Waals surface area (Å²) in [5.41, 5.74) is 3.55. The molecule has 3 aromatic rings. The highest BCUT2D eigenvalue weighted by Gasteiger charge is 2.14. The number of amides is 2. The Hall–Kier alpha value is -3.71. The minimum absolute atomic E-state index is 0.0889. The quantitative estimate of drug-likeness (QED) is 0.354. The highest BCUT2D eigenvalue weighted by atomic mass is 35.5. The molecule has 8 heteroatoms. The van der Waals surface area contributed by atoms with Gasteiger partial charge in [0.2, 0.25) is 0 Å². The van der Waals surface area contributed by atoms with Gasteiger partial charge in [-0.05, 0) is 48.0 Å². The van der Waals surface area contributed by atoms with Crippen molar-refractivity contribution in [2.45, 2.75) is 6.61 Å². The average molecular weight is 426 g/mol. The molecule has 0 spiro atoms. The average Bonchev–Trinajstić information content (AvgIpc) is 2.75. The summed E-state index contributed by atoms with van der Waals surface area (Å²) in [5, 5.41) is 6.53. The zero-order valence-corrected chi connectivity index (χ0v) is 16.4. The second-order valence-electron chi connectivity index (χ2n) is 6.08. The standard InChI is InChI=1S/C22H17ClFN3O3/c23-18-6-2-1-5-16(18)14-30-17-11-9-15(10-12-17)13-25-27-22(29)21(28)26-20-8-4-3-7-19(20)24/h1-13H,14H2,(H,26,28)(H,27,29)/b25-13+. The van der Waals surface area contributed by atoms with Crippen molar-refractivity contribution < 1.29 is 18.7 Å². The van der Waals surface area contributed by atoms with Crippen molar-refractivity contribution in [2.24, 2.45) is 5.10 Å². The van der Waals surface area contributed by atoms with Crippen LogP contribution in [0.1, 0.15) is 11.1 Å². The van der Waals surface area contributed by atoms with Crippen LogP contribution in [0, 0.1) is 5.82 Å². The number of hydrogen-bond donors (Lipinski definition) is 2. The molecule has 0 heterocycles. The monoisotopic (exact) mass is 425 g/mol. The number of anilines is 1. The van der Waals surface area contributed by atoms with Gasteiger partial charge in [-0.15, -0.1) is 0 Å². The van der Waals surface area contributed by atoms with Crippen LogP contribution in [0.4, 0.5) is 10.1 Å². The van der Waals surface area contributed by atoms with E-state index in [9.17, 15) is 14.0 Å². The van der Waals surface area contributed by atoms with E-state index in [1.807, 2.05) is 18.2 Å². The number of halogens is 2. The summed E-state index contributed by atoms with van der Waals surface area (Å²) in [5.74, 6) is -2.05. The van der Waals surface area contributed by atoms with E-state index in [0.717, 1.165) is 5.56 Å². The van der Waals surface area contributed by atoms with Crippen LogP contribution in [0.25, 0.3) is 0 Å². The molecule has 0 radical (unpaired) electrons. The first-order chi connectivity index (χ1) is 14.5. The predicted octanol–water partition coefficient (Wildman–Crippen LogP) is 4.15. The molecule has 30 heavy (non-hydrogen) atoms. The summed E-state index contributed by atoms with van der Waals surface area (Å²) in [7, 11) is 0. The maximum Gasteiger partial charge on any atom is 0.329 e. The third-order valence-electron chi connectivity index (χ3n) is 3.94. The van der Waals surface area contributed by atoms with Crippen molar-refractivity contribution in [3.63, 3.8) is 0 Å². The van der Waals surface area contributed by atoms with Gasteiger partial charge in [-0.3, -0.25) is 9.59 Å². The molecule has 0 aliphatic carbocycles. The Balaban J connectivity index is 1.49. The maximum atomic E-state index is 13.5. The van der Waals surface area contributed by atoms with Gasteiger partial charge in [0.25, 0.3) is 0 Å². The van der Waals surface area contributed by atoms with Crippen molar-refractivity contribution in [1.82, 2.24) is 5.43 Å². The molecule has 0 aliphatic rings. The summed E-state index contributed by atoms with van der Waals surface area (Å²) in [6, 6.07) is 19.9. The smallest absolute Gasteiger partial charge is 0.329 e. The lowest BCUT2D eigenvalue weighted by molar-refractivity contribution is -0.136. The van der Waals surface area contributed by atoms with E-state index < -0.39 is 17.6 Å². The second-order valence-corrected chi connectivity index (χ2v) is 6.49. The molecule has 3 rings (SSSR count). The lowest BCUT2D eigenvalue weighted by atomic mass is 10.2. The van der Waals surface area contributed by atoms with E-state index in [-0.39, 0.29) is 5.69 Å². The zero-order valence-electron chi connectivity index (χ0n) is 15.6. The fourth-order valence-electron chi connectivity index (χ4n) is 2.38. The topological polar surface area (TPSA) is 79.8 Å². The Bertz CT molecular complexity index is 1070. The summed E-state index contributed by atoms with van der Waals surface area (Å²) in [6.07, 6.45) is 1.37. The largest absolute Gasteiger partial charge is 0.489 e. The number of hydrogen-bond acceptors (Lipinski definition) is 4. The van der Waals surface area contributed by atoms with E-state index in [1.165, 1.54) is 30.5 Å². The number of para-hydroxylation sites is 1. The van der Waals surface area contributed by atoms with Crippen LogP contribution in [-0.2, 0) is 16.2 Å². The molecule has 0 atom stereocenters. The normalized spacial score (nSPS) is 10.6. The molecule has 3 aromatic carbocycles. The van der Waals surface area contributed by atoms with Gasteiger partial charge in [-0.25, -0.2) is 9.82 Å². The first-order valence-corrected chi connectivity index (χ1v) is 9.26. The number of hydrazone groups is 1. The number of nitrogens with zero attached hydrogens (tertiary/aromatic N) is 1. The number of ether oxygens (including phenoxy) is 1. The van der Waals surface area contributed by atoms with E-state index in [4.69, 9.17) is 16.3 Å². The Morgan fingerprint density at radius 1 is 0.967 bits per heavy atom. The number of benzene rings is 3. The summed E-state index contributed by atoms with van der Waals surface area (Å²) in [6.45, 7) is 0.334. The van der Waals surface area contributed by atoms with Crippen molar-refractivity contribution in [3.05, 3.63) is 94.8 Å². The first-order valence-electron chi connectivity index (χ1n) is 8.88. The van der Waals surface area contributed by atoms with Crippen LogP contribution >= 0.6 is 11.6 Å². The minimum Gasteiger partial charge on any atom is -0.489 e. The van der Waals surface area contributed by atoms with Gasteiger partial charge in [0.05, 0.1) is 11.9 Å². The van der Waals surface area contributed by atoms with Crippen molar-refractivity contribution >= 4 is 35.3 Å². The highest BCUT2D eigenvalue weighted by molar-refractivity contribution is 6.39. The minimum atomic E-state index is -1.03. The van der Waals surface area contributed by atoms with Gasteiger partial charge in [0.1, 0.15) is 18.2 Å². The Labute approximate surface area is 177 Å². The first kappa shape index (κ1) is 21.0. The summed E-state index contributed by atoms with van der Waals surface area (Å²) < 4.78 is 19.2. The molecule has 0 saturated carbocycles. The molecule has 2 N–H and O–H groups in total. The van der Waals surface area contributed by atoms with E-state index >= 15 is 0 Å². The fourth-order valence-corrected chi connectivity index (χ4v) is 2.57. The van der Waals surface area contributed by atoms with E-state index in [2.05, 4.69) is 15.8 Å². The van der Waals surface area contributed by atoms with Crippen LogP contribution in [0.2, 0.25) is 5.02 Å². The van der Waals surface area contributed by atoms with Gasteiger partial charge in [0.15, 0.2) is 0 Å². The Morgan fingerprint density at radius 2 is 1.67 bits per heavy atom. The van der Waals surface area contributed by atoms with Crippen LogP contribution < -0.4 is 15.5 Å². The highest BCUT2D eigenvalue weighted by Crippen LogP contribution is 2.18. The van der Waals surface area contributed by atoms with Crippen LogP contribution in [0.3, 0.4) is 0 Å². The predicted molar refractivity (Wildman–Crippen MR) is 113 cm³/mol. The number of carbonyl (C=O) groups is 2. The van der Waals surface area contributed by atoms with Gasteiger partial charge >= 0.3 is 11.8 Å². The molecule has 2 amide bonds. The lowest BCUT2D eigenvalue weighted by Crippen LogP contribution is -2.32. The molecule has 0 bridgehead atoms. The van der Waals surface area contributed by atoms with Crippen LogP contribution in [0.15, 0.2) is 77.9 Å². The summed E-state index contributed by atoms with van der Waals surface area (Å²) >= 11 is 6.09. The van der Waals surface area contributed by atoms with Crippen molar-refractivity contribution in [3.8, 4) is 5.75 Å². The van der Waals surface area contributed by atoms with Crippen LogP contribution in [-0.4, -0.2) is 18.0 Å². The maximum absolute atomic E-state index is 13.5. The molecular weight excluding hydrogens is 409 g/mol. The van der Waals surface area contributed by atoms with Crippen molar-refractivity contribution in [2.75, 3.05) is 5.32 Å². The molecule has 0 saturated heterocycles. The molecule has 0 fully saturated rings. The molecule has 152 valence electrons.